The van der Waals surface area contributed by atoms with E-state index in [-0.39, 0.29) is 5.54 Å². The Kier molecular flexibility index (Phi) is 3.54. The van der Waals surface area contributed by atoms with E-state index in [9.17, 15) is 0 Å². The highest BCUT2D eigenvalue weighted by atomic mass is 15.3. The summed E-state index contributed by atoms with van der Waals surface area (Å²) >= 11 is 0. The van der Waals surface area contributed by atoms with Crippen LogP contribution in [0.2, 0.25) is 0 Å². The second-order valence-corrected chi connectivity index (χ2v) is 6.75. The third-order valence-electron chi connectivity index (χ3n) is 5.55. The molecule has 2 unspecified atom stereocenters. The van der Waals surface area contributed by atoms with Crippen molar-refractivity contribution in [1.29, 1.82) is 0 Å². The first kappa shape index (κ1) is 13.3. The highest BCUT2D eigenvalue weighted by Crippen LogP contribution is 2.49. The summed E-state index contributed by atoms with van der Waals surface area (Å²) in [6, 6.07) is 0.656. The van der Waals surface area contributed by atoms with Crippen LogP contribution in [0.25, 0.3) is 0 Å². The molecule has 2 rings (SSSR count). The highest BCUT2D eigenvalue weighted by molar-refractivity contribution is 5.08. The third kappa shape index (κ3) is 2.02. The van der Waals surface area contributed by atoms with Crippen LogP contribution < -0.4 is 5.73 Å². The van der Waals surface area contributed by atoms with E-state index in [1.54, 1.807) is 0 Å². The summed E-state index contributed by atoms with van der Waals surface area (Å²) in [4.78, 5) is 5.16. The van der Waals surface area contributed by atoms with E-state index in [1.807, 2.05) is 0 Å². The molecule has 2 fully saturated rings. The topological polar surface area (TPSA) is 32.5 Å². The molecule has 0 aromatic carbocycles. The van der Waals surface area contributed by atoms with Gasteiger partial charge in [0, 0.05) is 37.8 Å². The number of rotatable bonds is 2. The Bertz CT molecular complexity index is 277. The highest BCUT2D eigenvalue weighted by Gasteiger charge is 2.52. The predicted octanol–water partition coefficient (Wildman–Crippen LogP) is 1.53. The van der Waals surface area contributed by atoms with Gasteiger partial charge in [0.05, 0.1) is 0 Å². The van der Waals surface area contributed by atoms with Crippen molar-refractivity contribution in [2.75, 3.05) is 33.2 Å². The first-order valence-electron chi connectivity index (χ1n) is 7.08. The maximum atomic E-state index is 6.20. The van der Waals surface area contributed by atoms with Crippen LogP contribution in [-0.2, 0) is 0 Å². The van der Waals surface area contributed by atoms with E-state index in [2.05, 4.69) is 37.6 Å². The number of hydrogen-bond donors (Lipinski definition) is 1. The van der Waals surface area contributed by atoms with E-state index in [4.69, 9.17) is 5.73 Å². The standard InChI is InChI=1S/C14H29N3/c1-12-10-17(9-8-16(12)4)14(11-15)7-5-6-13(14,2)3/h12H,5-11,15H2,1-4H3. The Morgan fingerprint density at radius 1 is 1.24 bits per heavy atom. The van der Waals surface area contributed by atoms with E-state index >= 15 is 0 Å². The minimum Gasteiger partial charge on any atom is -0.329 e. The Hall–Kier alpha value is -0.120. The van der Waals surface area contributed by atoms with Crippen molar-refractivity contribution in [3.05, 3.63) is 0 Å². The van der Waals surface area contributed by atoms with Gasteiger partial charge >= 0.3 is 0 Å². The average molecular weight is 239 g/mol. The fraction of sp³-hybridized carbons (Fsp3) is 1.00. The minimum absolute atomic E-state index is 0.252. The largest absolute Gasteiger partial charge is 0.329 e. The summed E-state index contributed by atoms with van der Waals surface area (Å²) in [6.07, 6.45) is 3.95. The van der Waals surface area contributed by atoms with Gasteiger partial charge in [-0.25, -0.2) is 0 Å². The number of nitrogens with zero attached hydrogens (tertiary/aromatic N) is 2. The molecule has 1 saturated heterocycles. The summed E-state index contributed by atoms with van der Waals surface area (Å²) in [7, 11) is 2.23. The van der Waals surface area contributed by atoms with Crippen molar-refractivity contribution in [3.8, 4) is 0 Å². The molecular formula is C14H29N3. The van der Waals surface area contributed by atoms with Crippen LogP contribution in [0.4, 0.5) is 0 Å². The molecule has 100 valence electrons. The molecule has 3 nitrogen and oxygen atoms in total. The number of hydrogen-bond acceptors (Lipinski definition) is 3. The molecule has 0 aromatic rings. The lowest BCUT2D eigenvalue weighted by molar-refractivity contribution is -0.0320. The van der Waals surface area contributed by atoms with Gasteiger partial charge in [0.1, 0.15) is 0 Å². The number of nitrogens with two attached hydrogens (primary N) is 1. The van der Waals surface area contributed by atoms with Gasteiger partial charge in [-0.2, -0.15) is 0 Å². The Morgan fingerprint density at radius 2 is 1.94 bits per heavy atom. The molecule has 17 heavy (non-hydrogen) atoms. The number of piperazine rings is 1. The van der Waals surface area contributed by atoms with Gasteiger partial charge in [-0.15, -0.1) is 0 Å². The molecule has 0 aromatic heterocycles. The van der Waals surface area contributed by atoms with Gasteiger partial charge in [-0.05, 0) is 32.2 Å². The Balaban J connectivity index is 2.19. The van der Waals surface area contributed by atoms with Crippen LogP contribution in [0.1, 0.15) is 40.0 Å². The van der Waals surface area contributed by atoms with Gasteiger partial charge in [-0.3, -0.25) is 4.90 Å². The molecule has 1 heterocycles. The molecular weight excluding hydrogens is 210 g/mol. The molecule has 0 radical (unpaired) electrons. The van der Waals surface area contributed by atoms with Crippen molar-refractivity contribution in [2.45, 2.75) is 51.6 Å². The molecule has 2 aliphatic rings. The average Bonchev–Trinajstić information content (AvgIpc) is 2.58. The lowest BCUT2D eigenvalue weighted by Gasteiger charge is -2.53. The van der Waals surface area contributed by atoms with Crippen molar-refractivity contribution < 1.29 is 0 Å². The van der Waals surface area contributed by atoms with Crippen LogP contribution in [0, 0.1) is 5.41 Å². The third-order valence-corrected chi connectivity index (χ3v) is 5.55. The summed E-state index contributed by atoms with van der Waals surface area (Å²) in [6.45, 7) is 11.5. The summed E-state index contributed by atoms with van der Waals surface area (Å²) < 4.78 is 0. The van der Waals surface area contributed by atoms with Crippen LogP contribution in [0.3, 0.4) is 0 Å². The van der Waals surface area contributed by atoms with Gasteiger partial charge in [0.25, 0.3) is 0 Å². The Morgan fingerprint density at radius 3 is 2.41 bits per heavy atom. The zero-order valence-corrected chi connectivity index (χ0v) is 12.0. The lowest BCUT2D eigenvalue weighted by atomic mass is 9.73. The zero-order valence-electron chi connectivity index (χ0n) is 12.0. The maximum Gasteiger partial charge on any atom is 0.0383 e. The van der Waals surface area contributed by atoms with E-state index in [0.717, 1.165) is 6.54 Å². The molecule has 1 aliphatic carbocycles. The predicted molar refractivity (Wildman–Crippen MR) is 73.1 cm³/mol. The first-order chi connectivity index (χ1) is 7.93. The minimum atomic E-state index is 0.252. The van der Waals surface area contributed by atoms with Gasteiger partial charge in [-0.1, -0.05) is 20.3 Å². The smallest absolute Gasteiger partial charge is 0.0383 e. The van der Waals surface area contributed by atoms with Crippen molar-refractivity contribution in [2.24, 2.45) is 11.1 Å². The molecule has 3 heteroatoms. The molecule has 0 spiro atoms. The van der Waals surface area contributed by atoms with Crippen LogP contribution in [0.5, 0.6) is 0 Å². The van der Waals surface area contributed by atoms with Crippen LogP contribution in [0.15, 0.2) is 0 Å². The molecule has 2 atom stereocenters. The van der Waals surface area contributed by atoms with Gasteiger partial charge in [0.2, 0.25) is 0 Å². The monoisotopic (exact) mass is 239 g/mol. The van der Waals surface area contributed by atoms with Crippen LogP contribution in [-0.4, -0.2) is 54.6 Å². The van der Waals surface area contributed by atoms with Crippen molar-refractivity contribution >= 4 is 0 Å². The first-order valence-corrected chi connectivity index (χ1v) is 7.08. The fourth-order valence-electron chi connectivity index (χ4n) is 3.92. The van der Waals surface area contributed by atoms with E-state index < -0.39 is 0 Å². The Labute approximate surface area is 106 Å². The molecule has 1 saturated carbocycles. The van der Waals surface area contributed by atoms with Gasteiger partial charge < -0.3 is 10.6 Å². The van der Waals surface area contributed by atoms with Gasteiger partial charge in [0.15, 0.2) is 0 Å². The molecule has 0 amide bonds. The van der Waals surface area contributed by atoms with Crippen molar-refractivity contribution in [1.82, 2.24) is 9.80 Å². The SMILES string of the molecule is CC1CN(C2(CN)CCCC2(C)C)CCN1C. The molecule has 2 N–H and O–H groups in total. The summed E-state index contributed by atoms with van der Waals surface area (Å²) in [5.41, 5.74) is 6.82. The maximum absolute atomic E-state index is 6.20. The quantitative estimate of drug-likeness (QED) is 0.793. The summed E-state index contributed by atoms with van der Waals surface area (Å²) in [5, 5.41) is 0. The molecule has 0 bridgehead atoms. The van der Waals surface area contributed by atoms with Crippen molar-refractivity contribution in [3.63, 3.8) is 0 Å². The fourth-order valence-corrected chi connectivity index (χ4v) is 3.92. The van der Waals surface area contributed by atoms with Crippen LogP contribution >= 0.6 is 0 Å². The summed E-state index contributed by atoms with van der Waals surface area (Å²) in [5.74, 6) is 0. The lowest BCUT2D eigenvalue weighted by Crippen LogP contribution is -2.65. The normalized spacial score (nSPS) is 39.7. The second kappa shape index (κ2) is 4.52. The van der Waals surface area contributed by atoms with E-state index in [0.29, 0.717) is 11.5 Å². The zero-order chi connectivity index (χ0) is 12.7. The second-order valence-electron chi connectivity index (χ2n) is 6.75. The number of likely N-dealkylation sites (N-methyl/N-ethyl adjacent to an activating group) is 1. The van der Waals surface area contributed by atoms with E-state index in [1.165, 1.54) is 38.9 Å². The molecule has 1 aliphatic heterocycles.